The zero-order valence-corrected chi connectivity index (χ0v) is 8.15. The van der Waals surface area contributed by atoms with E-state index in [1.54, 1.807) is 22.7 Å². The van der Waals surface area contributed by atoms with Gasteiger partial charge in [-0.3, -0.25) is 14.3 Å². The molecule has 1 aromatic rings. The number of aromatic nitrogens is 2. The molecule has 0 saturated heterocycles. The zero-order valence-electron chi connectivity index (χ0n) is 8.15. The zero-order chi connectivity index (χ0) is 10.1. The molecule has 0 fully saturated rings. The van der Waals surface area contributed by atoms with Crippen LogP contribution in [0.15, 0.2) is 6.07 Å². The van der Waals surface area contributed by atoms with Gasteiger partial charge < -0.3 is 4.90 Å². The second-order valence-electron chi connectivity index (χ2n) is 3.17. The predicted molar refractivity (Wildman–Crippen MR) is 49.8 cm³/mol. The number of likely N-dealkylation sites (N-methyl/N-ethyl adjacent to an activating group) is 1. The Labute approximate surface area is 81.4 Å². The number of rotatable bonds is 2. The van der Waals surface area contributed by atoms with Crippen LogP contribution in [0.3, 0.4) is 0 Å². The van der Waals surface area contributed by atoms with Gasteiger partial charge >= 0.3 is 0 Å². The number of anilines is 1. The molecule has 0 unspecified atom stereocenters. The maximum absolute atomic E-state index is 11.6. The van der Waals surface area contributed by atoms with Gasteiger partial charge in [-0.05, 0) is 0 Å². The first kappa shape index (κ1) is 9.01. The molecule has 0 radical (unpaired) electrons. The van der Waals surface area contributed by atoms with Crippen molar-refractivity contribution < 1.29 is 9.63 Å². The van der Waals surface area contributed by atoms with Crippen molar-refractivity contribution in [2.75, 3.05) is 26.2 Å². The standard InChI is InChI=1S/C8H12N4O2/c1-11-3-4-12-6(8(11)13)5-7(9-12)10-14-2/h5H,3-4H2,1-2H3,(H,9,10). The fraction of sp³-hybridized carbons (Fsp3) is 0.500. The van der Waals surface area contributed by atoms with E-state index in [1.807, 2.05) is 0 Å². The quantitative estimate of drug-likeness (QED) is 0.673. The Kier molecular flexibility index (Phi) is 2.12. The Hall–Kier alpha value is -1.56. The first-order chi connectivity index (χ1) is 6.72. The van der Waals surface area contributed by atoms with Crippen molar-refractivity contribution in [3.8, 4) is 0 Å². The minimum absolute atomic E-state index is 0.00657. The third-order valence-corrected chi connectivity index (χ3v) is 2.20. The molecule has 2 heterocycles. The van der Waals surface area contributed by atoms with E-state index in [1.165, 1.54) is 7.11 Å². The molecule has 0 bridgehead atoms. The number of amides is 1. The summed E-state index contributed by atoms with van der Waals surface area (Å²) in [5, 5.41) is 4.16. The second-order valence-corrected chi connectivity index (χ2v) is 3.17. The van der Waals surface area contributed by atoms with Crippen LogP contribution < -0.4 is 5.48 Å². The molecule has 0 aromatic carbocycles. The lowest BCUT2D eigenvalue weighted by Gasteiger charge is -2.22. The Morgan fingerprint density at radius 2 is 2.36 bits per heavy atom. The Bertz CT molecular complexity index is 360. The van der Waals surface area contributed by atoms with E-state index < -0.39 is 0 Å². The van der Waals surface area contributed by atoms with Crippen LogP contribution in [0.4, 0.5) is 5.82 Å². The molecule has 14 heavy (non-hydrogen) atoms. The van der Waals surface area contributed by atoms with Crippen LogP contribution in [0.2, 0.25) is 0 Å². The van der Waals surface area contributed by atoms with Gasteiger partial charge in [0.15, 0.2) is 5.82 Å². The van der Waals surface area contributed by atoms with Gasteiger partial charge in [0.2, 0.25) is 0 Å². The summed E-state index contributed by atoms with van der Waals surface area (Å²) in [6, 6.07) is 1.68. The summed E-state index contributed by atoms with van der Waals surface area (Å²) < 4.78 is 1.68. The van der Waals surface area contributed by atoms with Gasteiger partial charge in [0.1, 0.15) is 5.69 Å². The number of carbonyl (C=O) groups excluding carboxylic acids is 1. The van der Waals surface area contributed by atoms with E-state index in [2.05, 4.69) is 10.6 Å². The third kappa shape index (κ3) is 1.33. The predicted octanol–water partition coefficient (Wildman–Crippen LogP) is -0.0580. The van der Waals surface area contributed by atoms with E-state index in [9.17, 15) is 4.79 Å². The van der Waals surface area contributed by atoms with Crippen molar-refractivity contribution in [2.24, 2.45) is 0 Å². The van der Waals surface area contributed by atoms with Gasteiger partial charge in [0.05, 0.1) is 13.7 Å². The summed E-state index contributed by atoms with van der Waals surface area (Å²) >= 11 is 0. The highest BCUT2D eigenvalue weighted by Crippen LogP contribution is 2.15. The number of hydrogen-bond acceptors (Lipinski definition) is 4. The van der Waals surface area contributed by atoms with Crippen molar-refractivity contribution in [3.05, 3.63) is 11.8 Å². The highest BCUT2D eigenvalue weighted by molar-refractivity contribution is 5.93. The number of carbonyl (C=O) groups is 1. The average molecular weight is 196 g/mol. The molecule has 1 aliphatic rings. The molecule has 76 valence electrons. The summed E-state index contributed by atoms with van der Waals surface area (Å²) in [7, 11) is 3.29. The SMILES string of the molecule is CONc1cc2n(n1)CCN(C)C2=O. The third-order valence-electron chi connectivity index (χ3n) is 2.20. The lowest BCUT2D eigenvalue weighted by atomic mass is 10.3. The Morgan fingerprint density at radius 1 is 1.57 bits per heavy atom. The van der Waals surface area contributed by atoms with Crippen LogP contribution in [-0.4, -0.2) is 41.3 Å². The van der Waals surface area contributed by atoms with Gasteiger partial charge in [-0.2, -0.15) is 5.10 Å². The fourth-order valence-electron chi connectivity index (χ4n) is 1.46. The lowest BCUT2D eigenvalue weighted by molar-refractivity contribution is 0.0743. The fourth-order valence-corrected chi connectivity index (χ4v) is 1.46. The van der Waals surface area contributed by atoms with Gasteiger partial charge in [0.25, 0.3) is 5.91 Å². The van der Waals surface area contributed by atoms with Crippen LogP contribution in [0, 0.1) is 0 Å². The molecule has 2 rings (SSSR count). The van der Waals surface area contributed by atoms with Crippen molar-refractivity contribution in [1.29, 1.82) is 0 Å². The van der Waals surface area contributed by atoms with Crippen LogP contribution >= 0.6 is 0 Å². The van der Waals surface area contributed by atoms with E-state index in [-0.39, 0.29) is 5.91 Å². The molecule has 1 aliphatic heterocycles. The van der Waals surface area contributed by atoms with E-state index >= 15 is 0 Å². The molecule has 0 atom stereocenters. The van der Waals surface area contributed by atoms with E-state index in [4.69, 9.17) is 4.84 Å². The number of fused-ring (bicyclic) bond motifs is 1. The molecule has 0 spiro atoms. The van der Waals surface area contributed by atoms with Gasteiger partial charge in [0, 0.05) is 19.7 Å². The Morgan fingerprint density at radius 3 is 3.07 bits per heavy atom. The van der Waals surface area contributed by atoms with Crippen LogP contribution in [0.25, 0.3) is 0 Å². The molecule has 6 heteroatoms. The molecule has 0 aliphatic carbocycles. The van der Waals surface area contributed by atoms with Gasteiger partial charge in [-0.25, -0.2) is 5.48 Å². The van der Waals surface area contributed by atoms with Crippen molar-refractivity contribution in [2.45, 2.75) is 6.54 Å². The summed E-state index contributed by atoms with van der Waals surface area (Å²) in [5.74, 6) is 0.555. The smallest absolute Gasteiger partial charge is 0.272 e. The largest absolute Gasteiger partial charge is 0.339 e. The maximum Gasteiger partial charge on any atom is 0.272 e. The maximum atomic E-state index is 11.6. The summed E-state index contributed by atoms with van der Waals surface area (Å²) in [6.07, 6.45) is 0. The first-order valence-corrected chi connectivity index (χ1v) is 4.34. The van der Waals surface area contributed by atoms with Crippen LogP contribution in [0.5, 0.6) is 0 Å². The van der Waals surface area contributed by atoms with Crippen LogP contribution in [0.1, 0.15) is 10.5 Å². The molecular weight excluding hydrogens is 184 g/mol. The van der Waals surface area contributed by atoms with E-state index in [0.717, 1.165) is 6.54 Å². The van der Waals surface area contributed by atoms with E-state index in [0.29, 0.717) is 18.1 Å². The highest BCUT2D eigenvalue weighted by Gasteiger charge is 2.23. The van der Waals surface area contributed by atoms with Crippen molar-refractivity contribution in [3.63, 3.8) is 0 Å². The first-order valence-electron chi connectivity index (χ1n) is 4.34. The van der Waals surface area contributed by atoms with Crippen molar-refractivity contribution >= 4 is 11.7 Å². The Balaban J connectivity index is 2.31. The summed E-state index contributed by atoms with van der Waals surface area (Å²) in [6.45, 7) is 1.42. The highest BCUT2D eigenvalue weighted by atomic mass is 16.6. The van der Waals surface area contributed by atoms with Gasteiger partial charge in [-0.1, -0.05) is 0 Å². The summed E-state index contributed by atoms with van der Waals surface area (Å²) in [5.41, 5.74) is 3.19. The van der Waals surface area contributed by atoms with Crippen LogP contribution in [-0.2, 0) is 11.4 Å². The molecule has 1 amide bonds. The molecule has 1 N–H and O–H groups in total. The monoisotopic (exact) mass is 196 g/mol. The average Bonchev–Trinajstić information content (AvgIpc) is 2.56. The number of nitrogens with one attached hydrogen (secondary N) is 1. The molecule has 1 aromatic heterocycles. The lowest BCUT2D eigenvalue weighted by Crippen LogP contribution is -2.37. The molecule has 6 nitrogen and oxygen atoms in total. The second kappa shape index (κ2) is 3.30. The molecular formula is C8H12N4O2. The topological polar surface area (TPSA) is 59.4 Å². The minimum Gasteiger partial charge on any atom is -0.339 e. The minimum atomic E-state index is -0.00657. The number of hydrogen-bond donors (Lipinski definition) is 1. The summed E-state index contributed by atoms with van der Waals surface area (Å²) in [4.78, 5) is 18.0. The molecule has 0 saturated carbocycles. The van der Waals surface area contributed by atoms with Gasteiger partial charge in [-0.15, -0.1) is 0 Å². The number of nitrogens with zero attached hydrogens (tertiary/aromatic N) is 3. The normalized spacial score (nSPS) is 15.6. The van der Waals surface area contributed by atoms with Crippen molar-refractivity contribution in [1.82, 2.24) is 14.7 Å².